The molecule has 0 aliphatic carbocycles. The third-order valence-electron chi connectivity index (χ3n) is 3.65. The molecule has 0 fully saturated rings. The summed E-state index contributed by atoms with van der Waals surface area (Å²) in [6, 6.07) is 12.3. The van der Waals surface area contributed by atoms with Gasteiger partial charge in [0.15, 0.2) is 5.78 Å². The molecule has 0 N–H and O–H groups in total. The normalized spacial score (nSPS) is 12.9. The highest BCUT2D eigenvalue weighted by Gasteiger charge is 2.23. The van der Waals surface area contributed by atoms with Gasteiger partial charge in [-0.05, 0) is 24.1 Å². The minimum Gasteiger partial charge on any atom is -0.488 e. The quantitative estimate of drug-likeness (QED) is 0.640. The smallest absolute Gasteiger partial charge is 0.311 e. The second-order valence-corrected chi connectivity index (χ2v) is 6.00. The fourth-order valence-corrected chi connectivity index (χ4v) is 2.55. The van der Waals surface area contributed by atoms with Crippen molar-refractivity contribution in [2.75, 3.05) is 0 Å². The molecule has 2 aromatic rings. The van der Waals surface area contributed by atoms with E-state index in [4.69, 9.17) is 9.47 Å². The third-order valence-corrected chi connectivity index (χ3v) is 3.65. The first-order valence-electron chi connectivity index (χ1n) is 7.64. The Bertz CT molecular complexity index is 762. The van der Waals surface area contributed by atoms with E-state index in [0.717, 1.165) is 5.56 Å². The van der Waals surface area contributed by atoms with E-state index in [1.54, 1.807) is 24.3 Å². The van der Waals surface area contributed by atoms with E-state index in [2.05, 4.69) is 0 Å². The van der Waals surface area contributed by atoms with Gasteiger partial charge in [0, 0.05) is 17.5 Å². The van der Waals surface area contributed by atoms with Crippen molar-refractivity contribution >= 4 is 11.8 Å². The second kappa shape index (κ2) is 6.24. The Labute approximate surface area is 135 Å². The Balaban J connectivity index is 1.91. The lowest BCUT2D eigenvalue weighted by molar-refractivity contribution is -0.135. The van der Waals surface area contributed by atoms with Crippen molar-refractivity contribution in [2.24, 2.45) is 5.92 Å². The van der Waals surface area contributed by atoms with Crippen LogP contribution >= 0.6 is 0 Å². The molecular formula is C19H18O4. The molecule has 0 aromatic heterocycles. The minimum atomic E-state index is -0.303. The lowest BCUT2D eigenvalue weighted by Gasteiger charge is -2.10. The van der Waals surface area contributed by atoms with Crippen LogP contribution in [0.3, 0.4) is 0 Å². The molecule has 4 nitrogen and oxygen atoms in total. The monoisotopic (exact) mass is 310 g/mol. The van der Waals surface area contributed by atoms with Gasteiger partial charge in [-0.15, -0.1) is 0 Å². The highest BCUT2D eigenvalue weighted by Crippen LogP contribution is 2.31. The molecule has 0 bridgehead atoms. The van der Waals surface area contributed by atoms with Crippen molar-refractivity contribution in [3.63, 3.8) is 0 Å². The third kappa shape index (κ3) is 3.26. The molecule has 0 saturated carbocycles. The number of fused-ring (bicyclic) bond motifs is 2. The van der Waals surface area contributed by atoms with Gasteiger partial charge in [-0.25, -0.2) is 0 Å². The average molecular weight is 310 g/mol. The van der Waals surface area contributed by atoms with E-state index in [-0.39, 0.29) is 17.7 Å². The van der Waals surface area contributed by atoms with Gasteiger partial charge in [0.25, 0.3) is 0 Å². The van der Waals surface area contributed by atoms with Crippen LogP contribution in [-0.2, 0) is 11.4 Å². The lowest BCUT2D eigenvalue weighted by atomic mass is 9.99. The Hall–Kier alpha value is -2.62. The largest absolute Gasteiger partial charge is 0.488 e. The van der Waals surface area contributed by atoms with Gasteiger partial charge in [0.1, 0.15) is 18.1 Å². The van der Waals surface area contributed by atoms with Crippen molar-refractivity contribution in [1.29, 1.82) is 0 Å². The zero-order chi connectivity index (χ0) is 16.4. The number of rotatable bonds is 3. The standard InChI is InChI=1S/C19H18O4/c1-12(2)9-18(20)23-14-7-8-17-16(10-14)19(21)15-6-4-3-5-13(15)11-22-17/h3-8,10,12H,9,11H2,1-2H3. The first-order valence-corrected chi connectivity index (χ1v) is 7.64. The first-order chi connectivity index (χ1) is 11.0. The van der Waals surface area contributed by atoms with Crippen LogP contribution in [0, 0.1) is 5.92 Å². The maximum absolute atomic E-state index is 12.7. The molecule has 1 aliphatic rings. The van der Waals surface area contributed by atoms with Gasteiger partial charge < -0.3 is 9.47 Å². The zero-order valence-corrected chi connectivity index (χ0v) is 13.2. The summed E-state index contributed by atoms with van der Waals surface area (Å²) in [5.41, 5.74) is 1.90. The number of esters is 1. The predicted octanol–water partition coefficient (Wildman–Crippen LogP) is 3.76. The summed E-state index contributed by atoms with van der Waals surface area (Å²) < 4.78 is 11.0. The highest BCUT2D eigenvalue weighted by atomic mass is 16.5. The molecule has 1 heterocycles. The molecule has 0 amide bonds. The lowest BCUT2D eigenvalue weighted by Crippen LogP contribution is -2.11. The molecular weight excluding hydrogens is 292 g/mol. The second-order valence-electron chi connectivity index (χ2n) is 6.00. The number of hydrogen-bond donors (Lipinski definition) is 0. The fraction of sp³-hybridized carbons (Fsp3) is 0.263. The molecule has 4 heteroatoms. The summed E-state index contributed by atoms with van der Waals surface area (Å²) in [4.78, 5) is 24.5. The van der Waals surface area contributed by atoms with Crippen LogP contribution in [0.2, 0.25) is 0 Å². The van der Waals surface area contributed by atoms with Gasteiger partial charge in [-0.1, -0.05) is 38.1 Å². The first kappa shape index (κ1) is 15.3. The van der Waals surface area contributed by atoms with Crippen molar-refractivity contribution in [3.8, 4) is 11.5 Å². The molecule has 0 atom stereocenters. The number of ether oxygens (including phenoxy) is 2. The summed E-state index contributed by atoms with van der Waals surface area (Å²) in [6.45, 7) is 4.25. The number of ketones is 1. The fourth-order valence-electron chi connectivity index (χ4n) is 2.55. The summed E-state index contributed by atoms with van der Waals surface area (Å²) in [5.74, 6) is 0.679. The van der Waals surface area contributed by atoms with Crippen LogP contribution in [0.5, 0.6) is 11.5 Å². The van der Waals surface area contributed by atoms with Crippen LogP contribution in [0.25, 0.3) is 0 Å². The maximum atomic E-state index is 12.7. The summed E-state index contributed by atoms with van der Waals surface area (Å²) >= 11 is 0. The predicted molar refractivity (Wildman–Crippen MR) is 85.7 cm³/mol. The Morgan fingerprint density at radius 2 is 1.96 bits per heavy atom. The molecule has 3 rings (SSSR count). The van der Waals surface area contributed by atoms with E-state index in [9.17, 15) is 9.59 Å². The topological polar surface area (TPSA) is 52.6 Å². The molecule has 0 unspecified atom stereocenters. The molecule has 0 spiro atoms. The van der Waals surface area contributed by atoms with Crippen molar-refractivity contribution < 1.29 is 19.1 Å². The number of carbonyl (C=O) groups is 2. The Morgan fingerprint density at radius 3 is 2.74 bits per heavy atom. The van der Waals surface area contributed by atoms with Crippen LogP contribution in [0.15, 0.2) is 42.5 Å². The average Bonchev–Trinajstić information content (AvgIpc) is 2.65. The highest BCUT2D eigenvalue weighted by molar-refractivity contribution is 6.12. The maximum Gasteiger partial charge on any atom is 0.311 e. The van der Waals surface area contributed by atoms with E-state index < -0.39 is 0 Å². The van der Waals surface area contributed by atoms with E-state index in [0.29, 0.717) is 35.7 Å². The van der Waals surface area contributed by atoms with Crippen LogP contribution in [0.1, 0.15) is 41.8 Å². The van der Waals surface area contributed by atoms with Gasteiger partial charge in [-0.2, -0.15) is 0 Å². The zero-order valence-electron chi connectivity index (χ0n) is 13.2. The minimum absolute atomic E-state index is 0.116. The van der Waals surface area contributed by atoms with E-state index >= 15 is 0 Å². The SMILES string of the molecule is CC(C)CC(=O)Oc1ccc2c(c1)C(=O)c1ccccc1CO2. The van der Waals surface area contributed by atoms with Gasteiger partial charge in [0.2, 0.25) is 0 Å². The molecule has 0 saturated heterocycles. The molecule has 23 heavy (non-hydrogen) atoms. The molecule has 0 radical (unpaired) electrons. The Morgan fingerprint density at radius 1 is 1.17 bits per heavy atom. The van der Waals surface area contributed by atoms with Crippen LogP contribution in [0.4, 0.5) is 0 Å². The van der Waals surface area contributed by atoms with Crippen LogP contribution < -0.4 is 9.47 Å². The molecule has 118 valence electrons. The molecule has 1 aliphatic heterocycles. The number of hydrogen-bond acceptors (Lipinski definition) is 4. The summed E-state index contributed by atoms with van der Waals surface area (Å²) in [6.07, 6.45) is 0.338. The summed E-state index contributed by atoms with van der Waals surface area (Å²) in [5, 5.41) is 0. The van der Waals surface area contributed by atoms with Crippen LogP contribution in [-0.4, -0.2) is 11.8 Å². The number of benzene rings is 2. The van der Waals surface area contributed by atoms with E-state index in [1.165, 1.54) is 0 Å². The van der Waals surface area contributed by atoms with Crippen molar-refractivity contribution in [2.45, 2.75) is 26.9 Å². The van der Waals surface area contributed by atoms with Gasteiger partial charge in [0.05, 0.1) is 5.56 Å². The van der Waals surface area contributed by atoms with Crippen molar-refractivity contribution in [3.05, 3.63) is 59.2 Å². The van der Waals surface area contributed by atoms with Gasteiger partial charge >= 0.3 is 5.97 Å². The van der Waals surface area contributed by atoms with Crippen molar-refractivity contribution in [1.82, 2.24) is 0 Å². The van der Waals surface area contributed by atoms with Gasteiger partial charge in [-0.3, -0.25) is 9.59 Å². The number of carbonyl (C=O) groups excluding carboxylic acids is 2. The van der Waals surface area contributed by atoms with E-state index in [1.807, 2.05) is 32.0 Å². The molecule has 2 aromatic carbocycles. The Kier molecular flexibility index (Phi) is 4.15. The summed E-state index contributed by atoms with van der Waals surface area (Å²) in [7, 11) is 0.